The molecule has 0 aliphatic carbocycles. The van der Waals surface area contributed by atoms with Gasteiger partial charge in [0.2, 0.25) is 0 Å². The lowest BCUT2D eigenvalue weighted by Crippen LogP contribution is -2.25. The Balaban J connectivity index is 1.75. The topological polar surface area (TPSA) is 81.4 Å². The predicted molar refractivity (Wildman–Crippen MR) is 123 cm³/mol. The van der Waals surface area contributed by atoms with Crippen molar-refractivity contribution in [3.8, 4) is 23.1 Å². The number of nitrogens with zero attached hydrogens (tertiary/aromatic N) is 3. The average Bonchev–Trinajstić information content (AvgIpc) is 3.21. The van der Waals surface area contributed by atoms with Crippen LogP contribution in [0.5, 0.6) is 6.01 Å². The number of nitrogens with one attached hydrogen (secondary N) is 1. The molecule has 0 aliphatic heterocycles. The number of hydrogen-bond acceptors (Lipinski definition) is 6. The Morgan fingerprint density at radius 2 is 1.71 bits per heavy atom. The van der Waals surface area contributed by atoms with Gasteiger partial charge >= 0.3 is 12.2 Å². The van der Waals surface area contributed by atoms with Crippen LogP contribution in [0.4, 0.5) is 18.9 Å². The van der Waals surface area contributed by atoms with E-state index in [1.807, 2.05) is 26.0 Å². The van der Waals surface area contributed by atoms with E-state index in [0.29, 0.717) is 42.8 Å². The SMILES string of the molecule is CCOc1nc(-c2ccc(C(F)(F)F)cc2)n(-c2ccc(NCC(O)COCC(C)C)cc2)n1. The molecule has 0 bridgehead atoms. The molecular weight excluding hydrogens is 449 g/mol. The van der Waals surface area contributed by atoms with E-state index < -0.39 is 17.8 Å². The molecule has 0 spiro atoms. The number of aliphatic hydroxyl groups excluding tert-OH is 1. The Morgan fingerprint density at radius 1 is 1.03 bits per heavy atom. The van der Waals surface area contributed by atoms with Crippen LogP contribution >= 0.6 is 0 Å². The largest absolute Gasteiger partial charge is 0.463 e. The highest BCUT2D eigenvalue weighted by molar-refractivity contribution is 5.60. The molecule has 1 aromatic heterocycles. The number of anilines is 1. The number of halogens is 3. The molecule has 0 saturated carbocycles. The van der Waals surface area contributed by atoms with Crippen molar-refractivity contribution in [1.82, 2.24) is 14.8 Å². The van der Waals surface area contributed by atoms with Gasteiger partial charge in [0.1, 0.15) is 0 Å². The number of ether oxygens (including phenoxy) is 2. The van der Waals surface area contributed by atoms with E-state index in [1.165, 1.54) is 16.8 Å². The zero-order valence-corrected chi connectivity index (χ0v) is 19.3. The molecule has 0 fully saturated rings. The number of alkyl halides is 3. The molecule has 2 aromatic carbocycles. The van der Waals surface area contributed by atoms with Gasteiger partial charge in [-0.15, -0.1) is 5.10 Å². The summed E-state index contributed by atoms with van der Waals surface area (Å²) < 4.78 is 51.2. The second-order valence-electron chi connectivity index (χ2n) is 8.15. The Morgan fingerprint density at radius 3 is 2.29 bits per heavy atom. The third kappa shape index (κ3) is 6.94. The third-order valence-corrected chi connectivity index (χ3v) is 4.75. The van der Waals surface area contributed by atoms with E-state index in [1.54, 1.807) is 19.1 Å². The van der Waals surface area contributed by atoms with Crippen LogP contribution in [-0.4, -0.2) is 52.3 Å². The van der Waals surface area contributed by atoms with Crippen LogP contribution in [-0.2, 0) is 10.9 Å². The highest BCUT2D eigenvalue weighted by Crippen LogP contribution is 2.31. The Labute approximate surface area is 196 Å². The summed E-state index contributed by atoms with van der Waals surface area (Å²) in [4.78, 5) is 4.35. The Bertz CT molecular complexity index is 1040. The van der Waals surface area contributed by atoms with E-state index in [4.69, 9.17) is 9.47 Å². The van der Waals surface area contributed by atoms with Gasteiger partial charge in [0.05, 0.1) is 30.6 Å². The average molecular weight is 479 g/mol. The van der Waals surface area contributed by atoms with Crippen molar-refractivity contribution in [2.75, 3.05) is 31.7 Å². The normalized spacial score (nSPS) is 12.7. The molecule has 0 aliphatic rings. The van der Waals surface area contributed by atoms with Gasteiger partial charge in [-0.2, -0.15) is 18.2 Å². The molecule has 3 rings (SSSR count). The zero-order chi connectivity index (χ0) is 24.7. The van der Waals surface area contributed by atoms with Gasteiger partial charge in [-0.3, -0.25) is 0 Å². The van der Waals surface area contributed by atoms with Crippen LogP contribution in [0.2, 0.25) is 0 Å². The maximum Gasteiger partial charge on any atom is 0.416 e. The minimum absolute atomic E-state index is 0.129. The van der Waals surface area contributed by atoms with Gasteiger partial charge in [-0.25, -0.2) is 4.68 Å². The smallest absolute Gasteiger partial charge is 0.416 e. The van der Waals surface area contributed by atoms with Crippen LogP contribution in [0, 0.1) is 5.92 Å². The first-order chi connectivity index (χ1) is 16.2. The summed E-state index contributed by atoms with van der Waals surface area (Å²) in [5.74, 6) is 0.760. The van der Waals surface area contributed by atoms with Gasteiger partial charge in [-0.05, 0) is 49.2 Å². The quantitative estimate of drug-likeness (QED) is 0.412. The number of aliphatic hydroxyl groups is 1. The van der Waals surface area contributed by atoms with E-state index in [2.05, 4.69) is 15.4 Å². The number of hydrogen-bond donors (Lipinski definition) is 2. The lowest BCUT2D eigenvalue weighted by atomic mass is 10.1. The molecule has 34 heavy (non-hydrogen) atoms. The molecule has 1 heterocycles. The second kappa shape index (κ2) is 11.3. The van der Waals surface area contributed by atoms with Crippen LogP contribution in [0.15, 0.2) is 48.5 Å². The van der Waals surface area contributed by atoms with E-state index >= 15 is 0 Å². The van der Waals surface area contributed by atoms with Crippen molar-refractivity contribution in [1.29, 1.82) is 0 Å². The van der Waals surface area contributed by atoms with Crippen molar-refractivity contribution in [3.63, 3.8) is 0 Å². The summed E-state index contributed by atoms with van der Waals surface area (Å²) in [6.07, 6.45) is -5.06. The summed E-state index contributed by atoms with van der Waals surface area (Å²) in [7, 11) is 0. The van der Waals surface area contributed by atoms with Gasteiger partial charge in [0.25, 0.3) is 0 Å². The summed E-state index contributed by atoms with van der Waals surface area (Å²) in [6, 6.07) is 12.1. The van der Waals surface area contributed by atoms with Crippen molar-refractivity contribution in [2.24, 2.45) is 5.92 Å². The molecule has 184 valence electrons. The fourth-order valence-corrected chi connectivity index (χ4v) is 3.11. The maximum absolute atomic E-state index is 12.9. The lowest BCUT2D eigenvalue weighted by Gasteiger charge is -2.14. The summed E-state index contributed by atoms with van der Waals surface area (Å²) in [5.41, 5.74) is 1.17. The molecule has 10 heteroatoms. The van der Waals surface area contributed by atoms with Gasteiger partial charge in [0.15, 0.2) is 5.82 Å². The Hall–Kier alpha value is -3.11. The third-order valence-electron chi connectivity index (χ3n) is 4.75. The first-order valence-electron chi connectivity index (χ1n) is 11.0. The zero-order valence-electron chi connectivity index (χ0n) is 19.3. The molecule has 1 unspecified atom stereocenters. The van der Waals surface area contributed by atoms with Crippen LogP contribution in [0.3, 0.4) is 0 Å². The predicted octanol–water partition coefficient (Wildman–Crippen LogP) is 4.80. The summed E-state index contributed by atoms with van der Waals surface area (Å²) >= 11 is 0. The first-order valence-corrected chi connectivity index (χ1v) is 11.0. The van der Waals surface area contributed by atoms with Gasteiger partial charge in [-0.1, -0.05) is 26.0 Å². The molecule has 1 atom stereocenters. The van der Waals surface area contributed by atoms with E-state index in [0.717, 1.165) is 17.8 Å². The standard InChI is InChI=1S/C24H29F3N4O3/c1-4-34-23-29-22(17-5-7-18(8-6-17)24(25,26)27)31(30-23)20-11-9-19(10-12-20)28-13-21(32)15-33-14-16(2)3/h5-12,16,21,28,32H,4,13-15H2,1-3H3. The molecule has 2 N–H and O–H groups in total. The lowest BCUT2D eigenvalue weighted by molar-refractivity contribution is -0.137. The number of rotatable bonds is 11. The first kappa shape index (κ1) is 25.5. The highest BCUT2D eigenvalue weighted by atomic mass is 19.4. The minimum atomic E-state index is -4.42. The molecule has 0 saturated heterocycles. The Kier molecular flexibility index (Phi) is 8.51. The van der Waals surface area contributed by atoms with E-state index in [-0.39, 0.29) is 12.6 Å². The van der Waals surface area contributed by atoms with Crippen molar-refractivity contribution < 1.29 is 27.8 Å². The summed E-state index contributed by atoms with van der Waals surface area (Å²) in [6.45, 7) is 7.40. The minimum Gasteiger partial charge on any atom is -0.463 e. The number of benzene rings is 2. The molecule has 0 amide bonds. The molecular formula is C24H29F3N4O3. The summed E-state index contributed by atoms with van der Waals surface area (Å²) in [5, 5.41) is 17.5. The van der Waals surface area contributed by atoms with Gasteiger partial charge < -0.3 is 19.9 Å². The highest BCUT2D eigenvalue weighted by Gasteiger charge is 2.30. The van der Waals surface area contributed by atoms with Crippen molar-refractivity contribution in [3.05, 3.63) is 54.1 Å². The van der Waals surface area contributed by atoms with Crippen LogP contribution < -0.4 is 10.1 Å². The van der Waals surface area contributed by atoms with Crippen molar-refractivity contribution >= 4 is 5.69 Å². The molecule has 0 radical (unpaired) electrons. The van der Waals surface area contributed by atoms with Crippen LogP contribution in [0.25, 0.3) is 17.1 Å². The fourth-order valence-electron chi connectivity index (χ4n) is 3.11. The molecule has 7 nitrogen and oxygen atoms in total. The van der Waals surface area contributed by atoms with E-state index in [9.17, 15) is 18.3 Å². The monoisotopic (exact) mass is 478 g/mol. The maximum atomic E-state index is 12.9. The van der Waals surface area contributed by atoms with Gasteiger partial charge in [0, 0.05) is 24.4 Å². The number of aromatic nitrogens is 3. The second-order valence-corrected chi connectivity index (χ2v) is 8.15. The van der Waals surface area contributed by atoms with Crippen molar-refractivity contribution in [2.45, 2.75) is 33.1 Å². The fraction of sp³-hybridized carbons (Fsp3) is 0.417. The molecule has 3 aromatic rings. The van der Waals surface area contributed by atoms with Crippen LogP contribution in [0.1, 0.15) is 26.3 Å².